The van der Waals surface area contributed by atoms with Crippen LogP contribution in [-0.2, 0) is 4.74 Å². The van der Waals surface area contributed by atoms with Crippen LogP contribution in [0.25, 0.3) is 11.1 Å². The van der Waals surface area contributed by atoms with Gasteiger partial charge in [0.1, 0.15) is 18.8 Å². The summed E-state index contributed by atoms with van der Waals surface area (Å²) in [7, 11) is 0. The molecule has 5 N–H and O–H groups in total. The first-order valence-corrected chi connectivity index (χ1v) is 10.1. The molecule has 2 atom stereocenters. The van der Waals surface area contributed by atoms with Crippen LogP contribution in [0.15, 0.2) is 60.8 Å². The molecule has 2 aromatic carbocycles. The van der Waals surface area contributed by atoms with Crippen LogP contribution < -0.4 is 11.1 Å². The van der Waals surface area contributed by atoms with Crippen molar-refractivity contribution in [1.82, 2.24) is 10.3 Å². The summed E-state index contributed by atoms with van der Waals surface area (Å²) < 4.78 is 5.43. The van der Waals surface area contributed by atoms with Crippen molar-refractivity contribution >= 4 is 11.8 Å². The Balaban J connectivity index is 1.35. The first-order chi connectivity index (χ1) is 15.0. The SMILES string of the molecule is Cc1cnc(C(O)C(O)CNC(=O)OCC2c3ccccc3-c3ccccc32)c(N)c1. The molecule has 7 nitrogen and oxygen atoms in total. The van der Waals surface area contributed by atoms with Crippen LogP contribution in [0.4, 0.5) is 10.5 Å². The Hall–Kier alpha value is -3.42. The minimum atomic E-state index is -1.32. The minimum absolute atomic E-state index is 0.0507. The fraction of sp³-hybridized carbons (Fsp3) is 0.250. The van der Waals surface area contributed by atoms with E-state index >= 15 is 0 Å². The number of nitrogens with two attached hydrogens (primary N) is 1. The monoisotopic (exact) mass is 419 g/mol. The molecule has 3 aromatic rings. The van der Waals surface area contributed by atoms with Gasteiger partial charge in [0, 0.05) is 18.7 Å². The molecule has 0 saturated heterocycles. The van der Waals surface area contributed by atoms with E-state index in [9.17, 15) is 15.0 Å². The number of hydrogen-bond donors (Lipinski definition) is 4. The summed E-state index contributed by atoms with van der Waals surface area (Å²) in [5.74, 6) is -0.0507. The number of alkyl carbamates (subject to hydrolysis) is 1. The van der Waals surface area contributed by atoms with Crippen LogP contribution in [0.2, 0.25) is 0 Å². The predicted molar refractivity (Wildman–Crippen MR) is 117 cm³/mol. The van der Waals surface area contributed by atoms with Crippen molar-refractivity contribution in [3.63, 3.8) is 0 Å². The lowest BCUT2D eigenvalue weighted by molar-refractivity contribution is 0.0165. The minimum Gasteiger partial charge on any atom is -0.449 e. The van der Waals surface area contributed by atoms with Gasteiger partial charge >= 0.3 is 6.09 Å². The van der Waals surface area contributed by atoms with Gasteiger partial charge in [0.2, 0.25) is 0 Å². The molecule has 7 heteroatoms. The summed E-state index contributed by atoms with van der Waals surface area (Å²) in [6.45, 7) is 1.80. The average molecular weight is 419 g/mol. The number of nitrogens with one attached hydrogen (secondary N) is 1. The Kier molecular flexibility index (Phi) is 5.88. The second-order valence-electron chi connectivity index (χ2n) is 7.71. The third-order valence-electron chi connectivity index (χ3n) is 5.53. The maximum atomic E-state index is 12.2. The molecule has 0 aliphatic heterocycles. The van der Waals surface area contributed by atoms with Gasteiger partial charge in [0.05, 0.1) is 11.4 Å². The third kappa shape index (κ3) is 4.23. The summed E-state index contributed by atoms with van der Waals surface area (Å²) in [4.78, 5) is 16.3. The Bertz CT molecular complexity index is 1060. The van der Waals surface area contributed by atoms with E-state index < -0.39 is 18.3 Å². The van der Waals surface area contributed by atoms with Gasteiger partial charge in [0.15, 0.2) is 0 Å². The number of ether oxygens (including phenoxy) is 1. The number of pyridine rings is 1. The second kappa shape index (κ2) is 8.75. The van der Waals surface area contributed by atoms with Gasteiger partial charge in [-0.1, -0.05) is 48.5 Å². The number of aryl methyl sites for hydroxylation is 1. The molecule has 4 rings (SSSR count). The van der Waals surface area contributed by atoms with Gasteiger partial charge in [-0.3, -0.25) is 4.98 Å². The number of nitrogen functional groups attached to an aromatic ring is 1. The van der Waals surface area contributed by atoms with Crippen molar-refractivity contribution in [3.05, 3.63) is 83.2 Å². The highest BCUT2D eigenvalue weighted by atomic mass is 16.5. The number of nitrogens with zero attached hydrogens (tertiary/aromatic N) is 1. The maximum Gasteiger partial charge on any atom is 0.407 e. The lowest BCUT2D eigenvalue weighted by Crippen LogP contribution is -2.36. The van der Waals surface area contributed by atoms with Crippen LogP contribution in [0, 0.1) is 6.92 Å². The van der Waals surface area contributed by atoms with E-state index in [1.54, 1.807) is 12.3 Å². The highest BCUT2D eigenvalue weighted by molar-refractivity contribution is 5.79. The highest BCUT2D eigenvalue weighted by Crippen LogP contribution is 2.44. The Labute approximate surface area is 180 Å². The topological polar surface area (TPSA) is 118 Å². The predicted octanol–water partition coefficient (Wildman–Crippen LogP) is 2.91. The van der Waals surface area contributed by atoms with Crippen molar-refractivity contribution in [3.8, 4) is 11.1 Å². The first kappa shape index (κ1) is 20.8. The Morgan fingerprint density at radius 1 is 1.13 bits per heavy atom. The van der Waals surface area contributed by atoms with Gasteiger partial charge in [-0.15, -0.1) is 0 Å². The Morgan fingerprint density at radius 3 is 2.35 bits per heavy atom. The van der Waals surface area contributed by atoms with Crippen LogP contribution >= 0.6 is 0 Å². The first-order valence-electron chi connectivity index (χ1n) is 10.1. The summed E-state index contributed by atoms with van der Waals surface area (Å²) >= 11 is 0. The van der Waals surface area contributed by atoms with E-state index in [0.717, 1.165) is 27.8 Å². The van der Waals surface area contributed by atoms with Crippen molar-refractivity contribution in [1.29, 1.82) is 0 Å². The maximum absolute atomic E-state index is 12.2. The van der Waals surface area contributed by atoms with Gasteiger partial charge in [0.25, 0.3) is 0 Å². The molecule has 0 saturated carbocycles. The lowest BCUT2D eigenvalue weighted by Gasteiger charge is -2.20. The van der Waals surface area contributed by atoms with E-state index in [-0.39, 0.29) is 30.5 Å². The highest BCUT2D eigenvalue weighted by Gasteiger charge is 2.29. The molecule has 1 heterocycles. The van der Waals surface area contributed by atoms with E-state index in [4.69, 9.17) is 10.5 Å². The number of carbonyl (C=O) groups is 1. The van der Waals surface area contributed by atoms with Crippen molar-refractivity contribution in [2.45, 2.75) is 25.0 Å². The normalized spacial score (nSPS) is 14.4. The number of hydrogen-bond acceptors (Lipinski definition) is 6. The number of rotatable bonds is 6. The van der Waals surface area contributed by atoms with Gasteiger partial charge in [-0.25, -0.2) is 4.79 Å². The third-order valence-corrected chi connectivity index (χ3v) is 5.53. The van der Waals surface area contributed by atoms with Crippen molar-refractivity contribution in [2.24, 2.45) is 0 Å². The number of fused-ring (bicyclic) bond motifs is 3. The number of benzene rings is 2. The summed E-state index contributed by atoms with van der Waals surface area (Å²) in [5.41, 5.74) is 11.7. The molecule has 160 valence electrons. The van der Waals surface area contributed by atoms with Gasteiger partial charge in [-0.05, 0) is 40.8 Å². The molecular formula is C24H25N3O4. The van der Waals surface area contributed by atoms with Crippen molar-refractivity contribution in [2.75, 3.05) is 18.9 Å². The molecule has 1 aliphatic carbocycles. The zero-order chi connectivity index (χ0) is 22.0. The summed E-state index contributed by atoms with van der Waals surface area (Å²) in [5, 5.41) is 23.0. The molecule has 0 fully saturated rings. The fourth-order valence-electron chi connectivity index (χ4n) is 3.98. The lowest BCUT2D eigenvalue weighted by atomic mass is 9.98. The zero-order valence-electron chi connectivity index (χ0n) is 17.2. The standard InChI is InChI=1S/C24H25N3O4/c1-14-10-20(25)22(26-11-14)23(29)21(28)12-27-24(30)31-13-19-17-8-4-2-6-15(17)16-7-3-5-9-18(16)19/h2-11,19,21,23,28-29H,12-13,25H2,1H3,(H,27,30). The molecule has 0 radical (unpaired) electrons. The van der Waals surface area contributed by atoms with Gasteiger partial charge < -0.3 is 26.0 Å². The van der Waals surface area contributed by atoms with Gasteiger partial charge in [-0.2, -0.15) is 0 Å². The Morgan fingerprint density at radius 2 is 1.74 bits per heavy atom. The number of anilines is 1. The second-order valence-corrected chi connectivity index (χ2v) is 7.71. The fourth-order valence-corrected chi connectivity index (χ4v) is 3.98. The number of aromatic nitrogens is 1. The molecule has 1 amide bonds. The van der Waals surface area contributed by atoms with Crippen LogP contribution in [0.5, 0.6) is 0 Å². The van der Waals surface area contributed by atoms with Crippen molar-refractivity contribution < 1.29 is 19.7 Å². The number of aliphatic hydroxyl groups is 2. The smallest absolute Gasteiger partial charge is 0.407 e. The van der Waals surface area contributed by atoms with E-state index in [0.29, 0.717) is 0 Å². The molecule has 1 aromatic heterocycles. The summed E-state index contributed by atoms with van der Waals surface area (Å²) in [6, 6.07) is 17.8. The molecule has 31 heavy (non-hydrogen) atoms. The quantitative estimate of drug-likeness (QED) is 0.488. The van der Waals surface area contributed by atoms with Crippen LogP contribution in [0.1, 0.15) is 34.4 Å². The largest absolute Gasteiger partial charge is 0.449 e. The average Bonchev–Trinajstić information content (AvgIpc) is 3.09. The number of amides is 1. The summed E-state index contributed by atoms with van der Waals surface area (Å²) in [6.07, 6.45) is -1.72. The molecule has 0 spiro atoms. The van der Waals surface area contributed by atoms with Crippen LogP contribution in [-0.4, -0.2) is 40.5 Å². The van der Waals surface area contributed by atoms with E-state index in [1.807, 2.05) is 43.3 Å². The number of carbonyl (C=O) groups excluding carboxylic acids is 1. The van der Waals surface area contributed by atoms with Crippen LogP contribution in [0.3, 0.4) is 0 Å². The van der Waals surface area contributed by atoms with E-state index in [1.165, 1.54) is 0 Å². The number of aliphatic hydroxyl groups excluding tert-OH is 2. The molecule has 1 aliphatic rings. The van der Waals surface area contributed by atoms with E-state index in [2.05, 4.69) is 22.4 Å². The zero-order valence-corrected chi connectivity index (χ0v) is 17.2. The molecule has 0 bridgehead atoms. The molecular weight excluding hydrogens is 394 g/mol. The molecule has 2 unspecified atom stereocenters.